The molecule has 6 nitrogen and oxygen atoms in total. The van der Waals surface area contributed by atoms with Gasteiger partial charge < -0.3 is 21.1 Å². The molecule has 2 amide bonds. The van der Waals surface area contributed by atoms with Gasteiger partial charge in [-0.2, -0.15) is 0 Å². The van der Waals surface area contributed by atoms with Gasteiger partial charge >= 0.3 is 0 Å². The predicted octanol–water partition coefficient (Wildman–Crippen LogP) is 3.29. The second kappa shape index (κ2) is 11.3. The molecule has 2 aromatic rings. The molecular weight excluding hydrogens is 378 g/mol. The van der Waals surface area contributed by atoms with E-state index in [0.717, 1.165) is 5.56 Å². The summed E-state index contributed by atoms with van der Waals surface area (Å²) >= 11 is 0. The van der Waals surface area contributed by atoms with Gasteiger partial charge in [-0.15, -0.1) is 12.4 Å². The molecule has 4 N–H and O–H groups in total. The first kappa shape index (κ1) is 23.5. The minimum absolute atomic E-state index is 0. The van der Waals surface area contributed by atoms with Crippen molar-refractivity contribution in [3.63, 3.8) is 0 Å². The number of carbonyl (C=O) groups is 2. The number of carbonyl (C=O) groups excluding carboxylic acids is 2. The summed E-state index contributed by atoms with van der Waals surface area (Å²) in [7, 11) is 0. The molecule has 7 heteroatoms. The number of nitrogens with one attached hydrogen (secondary N) is 2. The Morgan fingerprint density at radius 2 is 1.61 bits per heavy atom. The SMILES string of the molecule is CC(Oc1ccccc1NC(=O)CNC(=O)[C@@H](N)C(C)C)c1ccccc1.Cl. The number of rotatable bonds is 8. The minimum Gasteiger partial charge on any atom is -0.484 e. The van der Waals surface area contributed by atoms with Crippen molar-refractivity contribution >= 4 is 29.9 Å². The zero-order valence-electron chi connectivity index (χ0n) is 16.3. The Hall–Kier alpha value is -2.57. The van der Waals surface area contributed by atoms with Gasteiger partial charge in [0.2, 0.25) is 11.8 Å². The van der Waals surface area contributed by atoms with Gasteiger partial charge in [0.05, 0.1) is 18.3 Å². The van der Waals surface area contributed by atoms with E-state index in [-0.39, 0.29) is 42.8 Å². The molecule has 1 unspecified atom stereocenters. The van der Waals surface area contributed by atoms with Crippen molar-refractivity contribution < 1.29 is 14.3 Å². The zero-order chi connectivity index (χ0) is 19.8. The number of hydrogen-bond acceptors (Lipinski definition) is 4. The summed E-state index contributed by atoms with van der Waals surface area (Å²) in [5.74, 6) is -0.126. The van der Waals surface area contributed by atoms with Gasteiger partial charge in [0.25, 0.3) is 0 Å². The molecule has 0 fully saturated rings. The molecule has 2 aromatic carbocycles. The number of halogens is 1. The number of hydrogen-bond donors (Lipinski definition) is 3. The fourth-order valence-electron chi connectivity index (χ4n) is 2.44. The van der Waals surface area contributed by atoms with Crippen LogP contribution in [0.4, 0.5) is 5.69 Å². The fourth-order valence-corrected chi connectivity index (χ4v) is 2.44. The molecule has 0 saturated carbocycles. The van der Waals surface area contributed by atoms with E-state index in [1.807, 2.05) is 63.2 Å². The average molecular weight is 406 g/mol. The highest BCUT2D eigenvalue weighted by molar-refractivity contribution is 5.96. The van der Waals surface area contributed by atoms with Crippen LogP contribution in [0.3, 0.4) is 0 Å². The van der Waals surface area contributed by atoms with Gasteiger partial charge in [0, 0.05) is 0 Å². The monoisotopic (exact) mass is 405 g/mol. The van der Waals surface area contributed by atoms with Crippen molar-refractivity contribution in [2.45, 2.75) is 32.9 Å². The maximum atomic E-state index is 12.2. The lowest BCUT2D eigenvalue weighted by Crippen LogP contribution is -2.46. The Kier molecular flexibility index (Phi) is 9.48. The number of benzene rings is 2. The van der Waals surface area contributed by atoms with Crippen LogP contribution >= 0.6 is 12.4 Å². The Morgan fingerprint density at radius 3 is 2.25 bits per heavy atom. The standard InChI is InChI=1S/C21H27N3O3.ClH/c1-14(2)20(22)21(26)23-13-19(25)24-17-11-7-8-12-18(17)27-15(3)16-9-5-4-6-10-16;/h4-12,14-15,20H,13,22H2,1-3H3,(H,23,26)(H,24,25);1H/t15?,20-;/m0./s1. The summed E-state index contributed by atoms with van der Waals surface area (Å²) < 4.78 is 6.01. The van der Waals surface area contributed by atoms with E-state index in [1.165, 1.54) is 0 Å². The van der Waals surface area contributed by atoms with Crippen LogP contribution in [0.5, 0.6) is 5.75 Å². The predicted molar refractivity (Wildman–Crippen MR) is 114 cm³/mol. The van der Waals surface area contributed by atoms with E-state index in [9.17, 15) is 9.59 Å². The quantitative estimate of drug-likeness (QED) is 0.628. The van der Waals surface area contributed by atoms with E-state index in [4.69, 9.17) is 10.5 Å². The lowest BCUT2D eigenvalue weighted by atomic mass is 10.1. The van der Waals surface area contributed by atoms with Crippen LogP contribution in [-0.4, -0.2) is 24.4 Å². The molecule has 0 aliphatic rings. The molecule has 0 aliphatic heterocycles. The highest BCUT2D eigenvalue weighted by Crippen LogP contribution is 2.28. The maximum absolute atomic E-state index is 12.2. The minimum atomic E-state index is -0.639. The van der Waals surface area contributed by atoms with E-state index < -0.39 is 6.04 Å². The summed E-state index contributed by atoms with van der Waals surface area (Å²) in [5, 5.41) is 5.32. The van der Waals surface area contributed by atoms with Crippen LogP contribution in [-0.2, 0) is 9.59 Å². The largest absolute Gasteiger partial charge is 0.484 e. The fraction of sp³-hybridized carbons (Fsp3) is 0.333. The third-order valence-electron chi connectivity index (χ3n) is 4.18. The van der Waals surface area contributed by atoms with Gasteiger partial charge in [-0.05, 0) is 30.5 Å². The molecule has 0 bridgehead atoms. The Balaban J connectivity index is 0.00000392. The number of anilines is 1. The smallest absolute Gasteiger partial charge is 0.243 e. The third-order valence-corrected chi connectivity index (χ3v) is 4.18. The van der Waals surface area contributed by atoms with Crippen molar-refractivity contribution in [2.24, 2.45) is 11.7 Å². The maximum Gasteiger partial charge on any atom is 0.243 e. The molecule has 0 saturated heterocycles. The Bertz CT molecular complexity index is 769. The van der Waals surface area contributed by atoms with Crippen molar-refractivity contribution in [1.82, 2.24) is 5.32 Å². The van der Waals surface area contributed by atoms with Crippen LogP contribution in [0.15, 0.2) is 54.6 Å². The summed E-state index contributed by atoms with van der Waals surface area (Å²) in [6.07, 6.45) is -0.173. The molecule has 152 valence electrons. The summed E-state index contributed by atoms with van der Waals surface area (Å²) in [5.41, 5.74) is 7.35. The van der Waals surface area contributed by atoms with E-state index >= 15 is 0 Å². The number of ether oxygens (including phenoxy) is 1. The van der Waals surface area contributed by atoms with Gasteiger partial charge in [0.15, 0.2) is 0 Å². The second-order valence-corrected chi connectivity index (χ2v) is 6.70. The lowest BCUT2D eigenvalue weighted by Gasteiger charge is -2.18. The van der Waals surface area contributed by atoms with E-state index in [2.05, 4.69) is 10.6 Å². The first-order chi connectivity index (χ1) is 12.9. The Morgan fingerprint density at radius 1 is 1.00 bits per heavy atom. The number of para-hydroxylation sites is 2. The molecule has 0 aromatic heterocycles. The Labute approximate surface area is 172 Å². The molecule has 28 heavy (non-hydrogen) atoms. The van der Waals surface area contributed by atoms with Gasteiger partial charge in [-0.1, -0.05) is 56.3 Å². The second-order valence-electron chi connectivity index (χ2n) is 6.70. The van der Waals surface area contributed by atoms with Crippen LogP contribution in [0.25, 0.3) is 0 Å². The average Bonchev–Trinajstić information content (AvgIpc) is 2.67. The summed E-state index contributed by atoms with van der Waals surface area (Å²) in [6, 6.07) is 16.4. The zero-order valence-corrected chi connectivity index (χ0v) is 17.2. The summed E-state index contributed by atoms with van der Waals surface area (Å²) in [6.45, 7) is 5.50. The topological polar surface area (TPSA) is 93.5 Å². The van der Waals surface area contributed by atoms with E-state index in [0.29, 0.717) is 11.4 Å². The van der Waals surface area contributed by atoms with Crippen molar-refractivity contribution in [1.29, 1.82) is 0 Å². The molecule has 0 spiro atoms. The van der Waals surface area contributed by atoms with Crippen LogP contribution in [0, 0.1) is 5.92 Å². The highest BCUT2D eigenvalue weighted by Gasteiger charge is 2.18. The molecule has 2 atom stereocenters. The lowest BCUT2D eigenvalue weighted by molar-refractivity contribution is -0.125. The normalized spacial score (nSPS) is 12.5. The molecule has 0 aliphatic carbocycles. The molecule has 0 radical (unpaired) electrons. The molecular formula is C21H28ClN3O3. The first-order valence-electron chi connectivity index (χ1n) is 9.02. The van der Waals surface area contributed by atoms with Crippen LogP contribution in [0.1, 0.15) is 32.4 Å². The van der Waals surface area contributed by atoms with Gasteiger partial charge in [-0.3, -0.25) is 9.59 Å². The van der Waals surface area contributed by atoms with Crippen molar-refractivity contribution in [3.8, 4) is 5.75 Å². The van der Waals surface area contributed by atoms with Crippen molar-refractivity contribution in [2.75, 3.05) is 11.9 Å². The van der Waals surface area contributed by atoms with Crippen molar-refractivity contribution in [3.05, 3.63) is 60.2 Å². The number of amides is 2. The molecule has 0 heterocycles. The van der Waals surface area contributed by atoms with Gasteiger partial charge in [-0.25, -0.2) is 0 Å². The molecule has 2 rings (SSSR count). The van der Waals surface area contributed by atoms with Crippen LogP contribution in [0.2, 0.25) is 0 Å². The van der Waals surface area contributed by atoms with E-state index in [1.54, 1.807) is 12.1 Å². The van der Waals surface area contributed by atoms with Gasteiger partial charge in [0.1, 0.15) is 11.9 Å². The number of nitrogens with two attached hydrogens (primary N) is 1. The third kappa shape index (κ3) is 6.87. The first-order valence-corrected chi connectivity index (χ1v) is 9.02. The van der Waals surface area contributed by atoms with Crippen LogP contribution < -0.4 is 21.1 Å². The highest BCUT2D eigenvalue weighted by atomic mass is 35.5. The summed E-state index contributed by atoms with van der Waals surface area (Å²) in [4.78, 5) is 24.1.